The number of pyridine rings is 2. The molecule has 7 heteroatoms. The number of para-hydroxylation sites is 2. The van der Waals surface area contributed by atoms with Crippen LogP contribution in [-0.2, 0) is 8.98 Å². The highest BCUT2D eigenvalue weighted by Crippen LogP contribution is 2.30. The molecule has 0 fully saturated rings. The van der Waals surface area contributed by atoms with Gasteiger partial charge in [0.15, 0.2) is 5.43 Å². The Morgan fingerprint density at radius 1 is 1.03 bits per heavy atom. The van der Waals surface area contributed by atoms with Crippen molar-refractivity contribution in [1.29, 1.82) is 0 Å². The number of rotatable bonds is 5. The van der Waals surface area contributed by atoms with E-state index in [0.29, 0.717) is 27.4 Å². The Balaban J connectivity index is 2.00. The van der Waals surface area contributed by atoms with E-state index >= 15 is 0 Å². The van der Waals surface area contributed by atoms with Gasteiger partial charge in [-0.2, -0.15) is 0 Å². The highest BCUT2D eigenvalue weighted by Gasteiger charge is 2.17. The molecule has 0 aliphatic carbocycles. The summed E-state index contributed by atoms with van der Waals surface area (Å²) in [6.45, 7) is 3.16. The third-order valence-electron chi connectivity index (χ3n) is 4.39. The van der Waals surface area contributed by atoms with Gasteiger partial charge in [0, 0.05) is 30.1 Å². The van der Waals surface area contributed by atoms with Crippen LogP contribution in [0.5, 0.6) is 0 Å². The van der Waals surface area contributed by atoms with Gasteiger partial charge in [0.2, 0.25) is 0 Å². The number of fused-ring (bicyclic) bond motifs is 1. The molecular weight excluding hydrogens is 398 g/mol. The van der Waals surface area contributed by atoms with Gasteiger partial charge >= 0.3 is 5.97 Å². The summed E-state index contributed by atoms with van der Waals surface area (Å²) in [5, 5.41) is 4.10. The fourth-order valence-corrected chi connectivity index (χ4v) is 3.87. The molecule has 0 saturated heterocycles. The van der Waals surface area contributed by atoms with Crippen molar-refractivity contribution in [3.63, 3.8) is 0 Å². The van der Waals surface area contributed by atoms with Crippen molar-refractivity contribution >= 4 is 40.4 Å². The van der Waals surface area contributed by atoms with Crippen molar-refractivity contribution < 1.29 is 8.98 Å². The highest BCUT2D eigenvalue weighted by molar-refractivity contribution is 7.95. The summed E-state index contributed by atoms with van der Waals surface area (Å²) in [6.07, 6.45) is 0. The van der Waals surface area contributed by atoms with Crippen molar-refractivity contribution in [3.8, 4) is 5.69 Å². The van der Waals surface area contributed by atoms with Crippen molar-refractivity contribution in [3.05, 3.63) is 88.7 Å². The molecule has 150 valence electrons. The minimum atomic E-state index is -0.456. The first kappa shape index (κ1) is 19.7. The summed E-state index contributed by atoms with van der Waals surface area (Å²) in [5.74, 6) is 0.168. The van der Waals surface area contributed by atoms with Gasteiger partial charge in [-0.3, -0.25) is 14.2 Å². The molecule has 2 heterocycles. The quantitative estimate of drug-likeness (QED) is 0.460. The Labute approximate surface area is 177 Å². The molecule has 0 unspecified atom stereocenters. The second-order valence-electron chi connectivity index (χ2n) is 6.68. The number of carbonyl (C=O) groups is 1. The van der Waals surface area contributed by atoms with Crippen LogP contribution in [-0.4, -0.2) is 15.5 Å². The first-order valence-electron chi connectivity index (χ1n) is 9.33. The number of anilines is 2. The van der Waals surface area contributed by atoms with Crippen molar-refractivity contribution in [1.82, 2.24) is 9.55 Å². The SMILES string of the molecule is CC(=O)OSc1nc(C)cc2c1c(=O)cc(Nc1ccccc1)n2-c1ccccc1. The Kier molecular flexibility index (Phi) is 5.54. The molecule has 0 aliphatic heterocycles. The molecule has 1 N–H and O–H groups in total. The van der Waals surface area contributed by atoms with Gasteiger partial charge in [-0.25, -0.2) is 4.98 Å². The molecule has 0 radical (unpaired) electrons. The highest BCUT2D eigenvalue weighted by atomic mass is 32.2. The minimum Gasteiger partial charge on any atom is -0.385 e. The number of nitrogens with zero attached hydrogens (tertiary/aromatic N) is 2. The molecule has 2 aromatic carbocycles. The molecule has 6 nitrogen and oxygen atoms in total. The lowest BCUT2D eigenvalue weighted by molar-refractivity contribution is -0.130. The van der Waals surface area contributed by atoms with Crippen LogP contribution in [0.3, 0.4) is 0 Å². The van der Waals surface area contributed by atoms with Gasteiger partial charge in [0.1, 0.15) is 22.9 Å². The van der Waals surface area contributed by atoms with Crippen LogP contribution >= 0.6 is 12.0 Å². The van der Waals surface area contributed by atoms with E-state index in [1.54, 1.807) is 0 Å². The lowest BCUT2D eigenvalue weighted by atomic mass is 10.2. The predicted octanol–water partition coefficient (Wildman–Crippen LogP) is 5.01. The number of aryl methyl sites for hydroxylation is 1. The van der Waals surface area contributed by atoms with E-state index in [2.05, 4.69) is 10.3 Å². The average molecular weight is 417 g/mol. The van der Waals surface area contributed by atoms with E-state index in [1.807, 2.05) is 78.2 Å². The van der Waals surface area contributed by atoms with Crippen molar-refractivity contribution in [2.24, 2.45) is 0 Å². The smallest absolute Gasteiger partial charge is 0.315 e. The summed E-state index contributed by atoms with van der Waals surface area (Å²) < 4.78 is 7.04. The fourth-order valence-electron chi connectivity index (χ4n) is 3.20. The van der Waals surface area contributed by atoms with Crippen molar-refractivity contribution in [2.45, 2.75) is 18.9 Å². The lowest BCUT2D eigenvalue weighted by Crippen LogP contribution is -2.14. The van der Waals surface area contributed by atoms with Gasteiger partial charge in [-0.05, 0) is 37.3 Å². The van der Waals surface area contributed by atoms with Gasteiger partial charge < -0.3 is 9.50 Å². The molecule has 4 aromatic rings. The zero-order valence-corrected chi connectivity index (χ0v) is 17.3. The topological polar surface area (TPSA) is 73.2 Å². The zero-order chi connectivity index (χ0) is 21.1. The van der Waals surface area contributed by atoms with Crippen LogP contribution in [0.1, 0.15) is 12.6 Å². The average Bonchev–Trinajstić information content (AvgIpc) is 2.73. The summed E-state index contributed by atoms with van der Waals surface area (Å²) in [6, 6.07) is 22.8. The predicted molar refractivity (Wildman–Crippen MR) is 119 cm³/mol. The van der Waals surface area contributed by atoms with Crippen molar-refractivity contribution in [2.75, 3.05) is 5.32 Å². The standard InChI is InChI=1S/C23H19N3O3S/c1-15-13-19-22(23(24-15)30-29-16(2)27)20(28)14-21(25-17-9-5-3-6-10-17)26(19)18-11-7-4-8-12-18/h3-14,25H,1-2H3. The number of hydrogen-bond donors (Lipinski definition) is 1. The molecule has 30 heavy (non-hydrogen) atoms. The first-order valence-corrected chi connectivity index (χ1v) is 10.1. The molecule has 0 aliphatic rings. The molecule has 0 saturated carbocycles. The Morgan fingerprint density at radius 2 is 1.70 bits per heavy atom. The van der Waals surface area contributed by atoms with E-state index in [0.717, 1.165) is 23.4 Å². The lowest BCUT2D eigenvalue weighted by Gasteiger charge is -2.19. The van der Waals surface area contributed by atoms with Crippen LogP contribution in [0.25, 0.3) is 16.6 Å². The molecule has 0 bridgehead atoms. The number of nitrogens with one attached hydrogen (secondary N) is 1. The van der Waals surface area contributed by atoms with Gasteiger partial charge in [0.05, 0.1) is 10.9 Å². The fraction of sp³-hybridized carbons (Fsp3) is 0.0870. The maximum absolute atomic E-state index is 13.1. The Bertz CT molecular complexity index is 1270. The summed E-state index contributed by atoms with van der Waals surface area (Å²) in [4.78, 5) is 28.8. The van der Waals surface area contributed by atoms with Crippen LogP contribution in [0.15, 0.2) is 82.6 Å². The normalized spacial score (nSPS) is 10.7. The Hall–Kier alpha value is -3.58. The van der Waals surface area contributed by atoms with Crippen LogP contribution < -0.4 is 10.7 Å². The van der Waals surface area contributed by atoms with Gasteiger partial charge in [-0.1, -0.05) is 36.4 Å². The van der Waals surface area contributed by atoms with E-state index in [4.69, 9.17) is 4.18 Å². The van der Waals surface area contributed by atoms with Crippen LogP contribution in [0.2, 0.25) is 0 Å². The maximum atomic E-state index is 13.1. The zero-order valence-electron chi connectivity index (χ0n) is 16.5. The Morgan fingerprint density at radius 3 is 2.37 bits per heavy atom. The second kappa shape index (κ2) is 8.42. The summed E-state index contributed by atoms with van der Waals surface area (Å²) >= 11 is 0.806. The molecule has 0 spiro atoms. The second-order valence-corrected chi connectivity index (χ2v) is 7.40. The molecule has 4 rings (SSSR count). The number of carbonyl (C=O) groups excluding carboxylic acids is 1. The van der Waals surface area contributed by atoms with E-state index in [-0.39, 0.29) is 5.43 Å². The number of benzene rings is 2. The molecule has 0 atom stereocenters. The van der Waals surface area contributed by atoms with Gasteiger partial charge in [0.25, 0.3) is 0 Å². The monoisotopic (exact) mass is 417 g/mol. The van der Waals surface area contributed by atoms with E-state index in [9.17, 15) is 9.59 Å². The summed E-state index contributed by atoms with van der Waals surface area (Å²) in [7, 11) is 0. The number of aromatic nitrogens is 2. The largest absolute Gasteiger partial charge is 0.385 e. The molecule has 0 amide bonds. The van der Waals surface area contributed by atoms with E-state index in [1.165, 1.54) is 13.0 Å². The third kappa shape index (κ3) is 4.06. The van der Waals surface area contributed by atoms with Crippen LogP contribution in [0.4, 0.5) is 11.5 Å². The first-order chi connectivity index (χ1) is 14.5. The molecule has 2 aromatic heterocycles. The number of hydrogen-bond acceptors (Lipinski definition) is 6. The molecular formula is C23H19N3O3S. The van der Waals surface area contributed by atoms with Crippen LogP contribution in [0, 0.1) is 6.92 Å². The van der Waals surface area contributed by atoms with Gasteiger partial charge in [-0.15, -0.1) is 0 Å². The van der Waals surface area contributed by atoms with E-state index < -0.39 is 5.97 Å². The maximum Gasteiger partial charge on any atom is 0.315 e. The third-order valence-corrected chi connectivity index (χ3v) is 5.16. The minimum absolute atomic E-state index is 0.210. The summed E-state index contributed by atoms with van der Waals surface area (Å²) in [5.41, 5.74) is 2.92.